The van der Waals surface area contributed by atoms with E-state index < -0.39 is 45.1 Å². The van der Waals surface area contributed by atoms with Crippen LogP contribution in [0.15, 0.2) is 0 Å². The molecule has 0 bridgehead atoms. The van der Waals surface area contributed by atoms with Gasteiger partial charge >= 0.3 is 19.8 Å². The van der Waals surface area contributed by atoms with E-state index in [1.165, 1.54) is 283 Å². The van der Waals surface area contributed by atoms with Crippen molar-refractivity contribution in [1.82, 2.24) is 0 Å². The lowest BCUT2D eigenvalue weighted by atomic mass is 10.0. The molecule has 0 aromatic rings. The van der Waals surface area contributed by atoms with Crippen molar-refractivity contribution in [2.75, 3.05) is 26.4 Å². The lowest BCUT2D eigenvalue weighted by molar-refractivity contribution is -0.154. The molecule has 0 aromatic carbocycles. The highest BCUT2D eigenvalue weighted by molar-refractivity contribution is 7.47. The van der Waals surface area contributed by atoms with Crippen LogP contribution in [-0.4, -0.2) is 60.5 Å². The lowest BCUT2D eigenvalue weighted by Gasteiger charge is -2.20. The maximum atomic E-state index is 12.8. The normalized spacial score (nSPS) is 13.4. The molecule has 430 valence electrons. The van der Waals surface area contributed by atoms with E-state index in [1.807, 2.05) is 0 Å². The Labute approximate surface area is 446 Å². The highest BCUT2D eigenvalue weighted by atomic mass is 31.2. The van der Waals surface area contributed by atoms with Crippen LogP contribution in [0.2, 0.25) is 0 Å². The Kier molecular flexibility index (Phi) is 56.8. The van der Waals surface area contributed by atoms with Gasteiger partial charge in [0.25, 0.3) is 0 Å². The maximum absolute atomic E-state index is 12.8. The van der Waals surface area contributed by atoms with Crippen molar-refractivity contribution in [3.8, 4) is 0 Å². The molecule has 0 rings (SSSR count). The third-order valence-electron chi connectivity index (χ3n) is 14.6. The number of carbonyl (C=O) groups is 2. The maximum Gasteiger partial charge on any atom is 0.472 e. The molecule has 0 aliphatic rings. The van der Waals surface area contributed by atoms with Gasteiger partial charge in [-0.25, -0.2) is 4.57 Å². The van der Waals surface area contributed by atoms with Crippen LogP contribution in [-0.2, 0) is 32.7 Å². The van der Waals surface area contributed by atoms with Crippen molar-refractivity contribution in [2.45, 2.75) is 353 Å². The molecule has 72 heavy (non-hydrogen) atoms. The Balaban J connectivity index is 3.92. The Morgan fingerprint density at radius 2 is 0.639 bits per heavy atom. The molecule has 0 aliphatic heterocycles. The molecule has 0 aliphatic carbocycles. The summed E-state index contributed by atoms with van der Waals surface area (Å²) in [4.78, 5) is 33.8. The first kappa shape index (κ1) is 71.0. The molecule has 4 N–H and O–H groups in total. The van der Waals surface area contributed by atoms with Crippen LogP contribution in [0.4, 0.5) is 0 Å². The molecule has 0 saturated heterocycles. The monoisotopic (exact) mass is 1040 g/mol. The number of phosphoric acid groups is 1. The molecule has 11 heteroatoms. The van der Waals surface area contributed by atoms with Crippen molar-refractivity contribution in [3.63, 3.8) is 0 Å². The Bertz CT molecular complexity index is 1160. The van der Waals surface area contributed by atoms with Gasteiger partial charge in [-0.05, 0) is 12.8 Å². The van der Waals surface area contributed by atoms with E-state index in [4.69, 9.17) is 29.4 Å². The number of esters is 1. The second-order valence-corrected chi connectivity index (χ2v) is 23.4. The van der Waals surface area contributed by atoms with Gasteiger partial charge in [-0.3, -0.25) is 18.6 Å². The zero-order chi connectivity index (χ0) is 52.5. The number of unbranched alkanes of at least 4 members (excludes halogenated alkanes) is 48. The first-order valence-electron chi connectivity index (χ1n) is 31.6. The largest absolute Gasteiger partial charge is 0.480 e. The van der Waals surface area contributed by atoms with Gasteiger partial charge in [-0.15, -0.1) is 0 Å². The van der Waals surface area contributed by atoms with E-state index in [9.17, 15) is 19.0 Å². The van der Waals surface area contributed by atoms with Crippen molar-refractivity contribution < 1.29 is 42.7 Å². The third-order valence-corrected chi connectivity index (χ3v) is 15.6. The van der Waals surface area contributed by atoms with Gasteiger partial charge in [-0.1, -0.05) is 322 Å². The van der Waals surface area contributed by atoms with Gasteiger partial charge in [0.2, 0.25) is 0 Å². The summed E-state index contributed by atoms with van der Waals surface area (Å²) in [6.45, 7) is 3.99. The fraction of sp³-hybridized carbons (Fsp3) is 0.967. The minimum Gasteiger partial charge on any atom is -0.480 e. The van der Waals surface area contributed by atoms with E-state index in [1.54, 1.807) is 0 Å². The van der Waals surface area contributed by atoms with Gasteiger partial charge in [0.15, 0.2) is 0 Å². The summed E-state index contributed by atoms with van der Waals surface area (Å²) in [5.41, 5.74) is 5.40. The minimum atomic E-state index is -4.62. The molecule has 0 spiro atoms. The SMILES string of the molecule is CCCCCCCCCCCCCCCCCCCCCCCCCCCCCCCCC(=O)O[C@H](COCCCCCCCCCCCCCCCCCCCCCC)COP(=O)(O)OC[C@H](N)C(=O)O. The number of carboxylic acid groups (broad SMARTS) is 1. The van der Waals surface area contributed by atoms with Crippen LogP contribution in [0.3, 0.4) is 0 Å². The topological polar surface area (TPSA) is 155 Å². The molecule has 3 atom stereocenters. The summed E-state index contributed by atoms with van der Waals surface area (Å²) in [7, 11) is -4.62. The first-order valence-corrected chi connectivity index (χ1v) is 33.1. The van der Waals surface area contributed by atoms with Crippen molar-refractivity contribution in [2.24, 2.45) is 5.73 Å². The Hall–Kier alpha value is -1.03. The zero-order valence-corrected chi connectivity index (χ0v) is 48.7. The van der Waals surface area contributed by atoms with E-state index in [0.29, 0.717) is 6.61 Å². The molecule has 1 unspecified atom stereocenters. The van der Waals surface area contributed by atoms with Gasteiger partial charge in [0.1, 0.15) is 12.1 Å². The van der Waals surface area contributed by atoms with E-state index in [0.717, 1.165) is 38.5 Å². The quantitative estimate of drug-likeness (QED) is 0.0305. The molecular weight excluding hydrogens is 922 g/mol. The number of carbonyl (C=O) groups excluding carboxylic acids is 1. The number of aliphatic carboxylic acids is 1. The first-order chi connectivity index (χ1) is 35.2. The molecular formula is C61H122NO9P. The predicted molar refractivity (Wildman–Crippen MR) is 305 cm³/mol. The Morgan fingerprint density at radius 1 is 0.389 bits per heavy atom. The van der Waals surface area contributed by atoms with E-state index in [2.05, 4.69) is 13.8 Å². The fourth-order valence-electron chi connectivity index (χ4n) is 9.79. The van der Waals surface area contributed by atoms with Crippen LogP contribution >= 0.6 is 7.82 Å². The van der Waals surface area contributed by atoms with Crippen molar-refractivity contribution in [1.29, 1.82) is 0 Å². The molecule has 0 amide bonds. The second kappa shape index (κ2) is 57.7. The third kappa shape index (κ3) is 56.7. The summed E-state index contributed by atoms with van der Waals surface area (Å²) >= 11 is 0. The molecule has 0 aromatic heterocycles. The fourth-order valence-corrected chi connectivity index (χ4v) is 10.6. The molecule has 0 saturated carbocycles. The van der Waals surface area contributed by atoms with Crippen LogP contribution < -0.4 is 5.73 Å². The van der Waals surface area contributed by atoms with Crippen LogP contribution in [0, 0.1) is 0 Å². The zero-order valence-electron chi connectivity index (χ0n) is 47.8. The smallest absolute Gasteiger partial charge is 0.472 e. The van der Waals surface area contributed by atoms with E-state index >= 15 is 0 Å². The Morgan fingerprint density at radius 3 is 0.917 bits per heavy atom. The highest BCUT2D eigenvalue weighted by Gasteiger charge is 2.27. The van der Waals surface area contributed by atoms with Gasteiger partial charge < -0.3 is 25.2 Å². The number of phosphoric ester groups is 1. The van der Waals surface area contributed by atoms with Crippen molar-refractivity contribution in [3.05, 3.63) is 0 Å². The van der Waals surface area contributed by atoms with Crippen LogP contribution in [0.25, 0.3) is 0 Å². The van der Waals surface area contributed by atoms with Gasteiger partial charge in [0, 0.05) is 13.0 Å². The average Bonchev–Trinajstić information content (AvgIpc) is 3.36. The van der Waals surface area contributed by atoms with Crippen LogP contribution in [0.1, 0.15) is 341 Å². The minimum absolute atomic E-state index is 0.0269. The average molecular weight is 1040 g/mol. The summed E-state index contributed by atoms with van der Waals surface area (Å²) in [6, 6.07) is -1.47. The van der Waals surface area contributed by atoms with Gasteiger partial charge in [-0.2, -0.15) is 0 Å². The van der Waals surface area contributed by atoms with Crippen molar-refractivity contribution >= 4 is 19.8 Å². The lowest BCUT2D eigenvalue weighted by Crippen LogP contribution is -2.34. The standard InChI is InChI=1S/C61H122NO9P/c1-3-5-7-9-11-13-15-17-19-21-23-25-26-27-28-29-30-31-32-33-34-35-37-39-41-43-45-47-49-51-53-60(63)71-58(56-69-72(66,67)70-57-59(62)61(64)65)55-68-54-52-50-48-46-44-42-40-38-36-24-22-20-18-16-14-12-10-8-6-4-2/h58-59H,3-57,62H2,1-2H3,(H,64,65)(H,66,67)/t58-,59+/m1/s1. The molecule has 0 radical (unpaired) electrons. The summed E-state index contributed by atoms with van der Waals surface area (Å²) in [5.74, 6) is -1.76. The van der Waals surface area contributed by atoms with E-state index in [-0.39, 0.29) is 13.0 Å². The summed E-state index contributed by atoms with van der Waals surface area (Å²) in [5, 5.41) is 8.96. The highest BCUT2D eigenvalue weighted by Crippen LogP contribution is 2.43. The van der Waals surface area contributed by atoms with Gasteiger partial charge in [0.05, 0.1) is 19.8 Å². The number of nitrogens with two attached hydrogens (primary N) is 1. The number of hydrogen-bond acceptors (Lipinski definition) is 8. The van der Waals surface area contributed by atoms with Crippen LogP contribution in [0.5, 0.6) is 0 Å². The molecule has 10 nitrogen and oxygen atoms in total. The molecule has 0 heterocycles. The predicted octanol–water partition coefficient (Wildman–Crippen LogP) is 19.4. The summed E-state index contributed by atoms with van der Waals surface area (Å²) < 4.78 is 33.7. The number of carboxylic acids is 1. The number of hydrogen-bond donors (Lipinski definition) is 3. The number of ether oxygens (including phenoxy) is 2. The number of rotatable bonds is 62. The second-order valence-electron chi connectivity index (χ2n) is 21.9. The molecule has 0 fully saturated rings. The summed E-state index contributed by atoms with van der Waals surface area (Å²) in [6.07, 6.45) is 66.3.